The molecular formula is C60H94N2O17. The Morgan fingerprint density at radius 2 is 1.30 bits per heavy atom. The van der Waals surface area contributed by atoms with Crippen molar-refractivity contribution in [1.29, 1.82) is 0 Å². The van der Waals surface area contributed by atoms with Crippen molar-refractivity contribution in [3.63, 3.8) is 0 Å². The van der Waals surface area contributed by atoms with Crippen molar-refractivity contribution >= 4 is 17.7 Å². The predicted molar refractivity (Wildman–Crippen MR) is 292 cm³/mol. The van der Waals surface area contributed by atoms with Crippen LogP contribution in [-0.2, 0) is 68.3 Å². The number of rotatable bonds is 16. The van der Waals surface area contributed by atoms with Crippen LogP contribution in [0, 0.1) is 23.7 Å². The fraction of sp³-hybridized carbons (Fsp3) is 0.750. The van der Waals surface area contributed by atoms with Gasteiger partial charge < -0.3 is 77.2 Å². The molecule has 0 aliphatic carbocycles. The van der Waals surface area contributed by atoms with Gasteiger partial charge in [0, 0.05) is 44.4 Å². The third kappa shape index (κ3) is 14.6. The Morgan fingerprint density at radius 1 is 0.709 bits per heavy atom. The first-order valence-corrected chi connectivity index (χ1v) is 28.2. The van der Waals surface area contributed by atoms with Crippen LogP contribution in [0.3, 0.4) is 0 Å². The van der Waals surface area contributed by atoms with E-state index in [1.54, 1.807) is 66.0 Å². The summed E-state index contributed by atoms with van der Waals surface area (Å²) in [5, 5.41) is 35.6. The zero-order valence-corrected chi connectivity index (χ0v) is 49.8. The van der Waals surface area contributed by atoms with Gasteiger partial charge in [-0.2, -0.15) is 0 Å². The number of benzene rings is 2. The summed E-state index contributed by atoms with van der Waals surface area (Å²) >= 11 is 0. The van der Waals surface area contributed by atoms with Gasteiger partial charge in [0.2, 0.25) is 0 Å². The summed E-state index contributed by atoms with van der Waals surface area (Å²) in [6.07, 6.45) is -12.9. The molecule has 3 N–H and O–H groups in total. The molecule has 0 spiro atoms. The summed E-state index contributed by atoms with van der Waals surface area (Å²) < 4.78 is 73.0. The van der Waals surface area contributed by atoms with E-state index in [0.717, 1.165) is 5.56 Å². The quantitative estimate of drug-likeness (QED) is 0.165. The molecule has 4 aliphatic rings. The third-order valence-corrected chi connectivity index (χ3v) is 17.4. The van der Waals surface area contributed by atoms with E-state index in [9.17, 15) is 29.7 Å². The first-order chi connectivity index (χ1) is 37.1. The molecule has 0 aromatic heterocycles. The van der Waals surface area contributed by atoms with Crippen LogP contribution in [-0.4, -0.2) is 200 Å². The Morgan fingerprint density at radius 3 is 1.89 bits per heavy atom. The van der Waals surface area contributed by atoms with Crippen molar-refractivity contribution in [2.45, 2.75) is 223 Å². The second kappa shape index (κ2) is 27.3. The maximum absolute atomic E-state index is 14.8. The smallest absolute Gasteiger partial charge is 0.338 e. The molecule has 2 aromatic carbocycles. The molecule has 0 amide bonds. The maximum Gasteiger partial charge on any atom is 0.338 e. The Balaban J connectivity index is 1.37. The van der Waals surface area contributed by atoms with Gasteiger partial charge in [0.25, 0.3) is 0 Å². The highest BCUT2D eigenvalue weighted by Crippen LogP contribution is 2.44. The van der Waals surface area contributed by atoms with Gasteiger partial charge in [-0.15, -0.1) is 0 Å². The van der Waals surface area contributed by atoms with Gasteiger partial charge in [-0.3, -0.25) is 9.59 Å². The normalized spacial score (nSPS) is 42.1. The van der Waals surface area contributed by atoms with Crippen molar-refractivity contribution in [3.8, 4) is 0 Å². The van der Waals surface area contributed by atoms with Crippen LogP contribution in [0.4, 0.5) is 0 Å². The Labute approximate surface area is 469 Å². The summed E-state index contributed by atoms with van der Waals surface area (Å²) in [6.45, 7) is 19.5. The van der Waals surface area contributed by atoms with Crippen molar-refractivity contribution in [2.24, 2.45) is 23.7 Å². The number of Topliss-reactive ketones (excluding diaryl/α,β-unsaturated/α-hetero) is 1. The lowest BCUT2D eigenvalue weighted by Gasteiger charge is -2.52. The van der Waals surface area contributed by atoms with Gasteiger partial charge in [-0.25, -0.2) is 4.79 Å². The molecule has 23 atom stereocenters. The minimum Gasteiger partial charge on any atom is -0.459 e. The number of hydrogen-bond acceptors (Lipinski definition) is 19. The molecule has 19 nitrogen and oxygen atoms in total. The van der Waals surface area contributed by atoms with Gasteiger partial charge >= 0.3 is 11.9 Å². The van der Waals surface area contributed by atoms with Gasteiger partial charge in [-0.05, 0) is 114 Å². The molecule has 6 rings (SSSR count). The lowest BCUT2D eigenvalue weighted by atomic mass is 9.74. The van der Waals surface area contributed by atoms with Crippen LogP contribution in [0.1, 0.15) is 118 Å². The van der Waals surface area contributed by atoms with Crippen molar-refractivity contribution in [2.75, 3.05) is 42.4 Å². The highest BCUT2D eigenvalue weighted by Gasteiger charge is 2.57. The molecule has 4 heterocycles. The first-order valence-electron chi connectivity index (χ1n) is 28.2. The van der Waals surface area contributed by atoms with E-state index < -0.39 is 138 Å². The SMILES string of the molecule is CC[C@H]1OC(=O)[C@H](C)[C@@H](O[C@H]2C[C@@](C)(OC)[C@@H](O[C@@H]3O[C@H](C)[C@@H](OCc4ccccc4)[C@H](N(C)C)[C@H]3OC(=O)c3ccccc3)[C@H](C)O2)[C@H](C)[C@@H](O[C@@H]2O[C@H](C)C[C@H](N(C)C)[C@H]2O)[C@@](C)(OC)C[C@@H](C)C(=O)[C@H](C)[C@@H](O)[C@]1(C)O. The molecule has 4 saturated heterocycles. The molecule has 0 unspecified atom stereocenters. The standard InChI is InChI=1S/C60H94N2O17/c1-18-43-60(11,68)51(65)35(4)46(63)33(2)30-58(9,69-16)52(78-56-47(64)42(61(12)13)29-34(3)72-56)36(5)48(37(6)54(66)75-43)76-44-31-59(10,70-17)53(39(8)73-44)79-57-50(77-55(67)41-27-23-20-24-28-41)45(62(14)15)49(38(7)74-57)71-32-40-25-21-19-22-26-40/h19-28,33-39,42-45,47-53,56-57,64-65,68H,18,29-32H2,1-17H3/t33-,34-,35+,36+,37-,38-,39+,42+,43-,44+,45+,47-,48+,49-,50-,51-,52-,53+,56+,57+,58+,59-,60-/m1/s1. The zero-order valence-electron chi connectivity index (χ0n) is 49.8. The molecule has 446 valence electrons. The maximum atomic E-state index is 14.8. The lowest BCUT2D eigenvalue weighted by Crippen LogP contribution is -2.67. The van der Waals surface area contributed by atoms with Crippen molar-refractivity contribution < 1.29 is 81.8 Å². The van der Waals surface area contributed by atoms with Gasteiger partial charge in [-0.1, -0.05) is 76.2 Å². The Kier molecular flexibility index (Phi) is 22.3. The van der Waals surface area contributed by atoms with E-state index in [-0.39, 0.29) is 43.8 Å². The predicted octanol–water partition coefficient (Wildman–Crippen LogP) is 5.95. The average Bonchev–Trinajstić information content (AvgIpc) is 3.48. The molecule has 79 heavy (non-hydrogen) atoms. The van der Waals surface area contributed by atoms with Crippen LogP contribution in [0.2, 0.25) is 0 Å². The molecule has 19 heteroatoms. The zero-order chi connectivity index (χ0) is 58.5. The van der Waals surface area contributed by atoms with E-state index in [1.165, 1.54) is 14.0 Å². The minimum absolute atomic E-state index is 0.0433. The van der Waals surface area contributed by atoms with E-state index in [4.69, 9.17) is 52.1 Å². The fourth-order valence-corrected chi connectivity index (χ4v) is 12.6. The monoisotopic (exact) mass is 1110 g/mol. The van der Waals surface area contributed by atoms with Crippen molar-refractivity contribution in [3.05, 3.63) is 71.8 Å². The lowest BCUT2D eigenvalue weighted by molar-refractivity contribution is -0.356. The highest BCUT2D eigenvalue weighted by atomic mass is 16.8. The summed E-state index contributed by atoms with van der Waals surface area (Å²) in [7, 11) is 10.6. The highest BCUT2D eigenvalue weighted by molar-refractivity contribution is 5.89. The van der Waals surface area contributed by atoms with Gasteiger partial charge in [0.15, 0.2) is 25.0 Å². The van der Waals surface area contributed by atoms with E-state index in [1.807, 2.05) is 109 Å². The van der Waals surface area contributed by atoms with Gasteiger partial charge in [0.05, 0.1) is 72.0 Å². The number of methoxy groups -OCH3 is 2. The van der Waals surface area contributed by atoms with E-state index >= 15 is 0 Å². The van der Waals surface area contributed by atoms with Gasteiger partial charge in [0.1, 0.15) is 35.8 Å². The van der Waals surface area contributed by atoms with Crippen LogP contribution in [0.15, 0.2) is 60.7 Å². The molecule has 4 aliphatic heterocycles. The van der Waals surface area contributed by atoms with Crippen LogP contribution in [0.25, 0.3) is 0 Å². The summed E-state index contributed by atoms with van der Waals surface area (Å²) in [6, 6.07) is 17.6. The number of cyclic esters (lactones) is 1. The number of carbonyl (C=O) groups excluding carboxylic acids is 3. The number of ether oxygens (including phenoxy) is 11. The number of hydrogen-bond donors (Lipinski definition) is 3. The van der Waals surface area contributed by atoms with Crippen LogP contribution >= 0.6 is 0 Å². The molecule has 0 saturated carbocycles. The number of carbonyl (C=O) groups is 3. The van der Waals surface area contributed by atoms with Crippen LogP contribution in [0.5, 0.6) is 0 Å². The number of likely N-dealkylation sites (N-methyl/N-ethyl adjacent to an activating group) is 2. The minimum atomic E-state index is -2.03. The Hall–Kier alpha value is -3.51. The summed E-state index contributed by atoms with van der Waals surface area (Å²) in [5.41, 5.74) is -3.25. The largest absolute Gasteiger partial charge is 0.459 e. The number of nitrogens with zero attached hydrogens (tertiary/aromatic N) is 2. The summed E-state index contributed by atoms with van der Waals surface area (Å²) in [4.78, 5) is 47.0. The number of ketones is 1. The molecule has 0 bridgehead atoms. The Bertz CT molecular complexity index is 2260. The molecular weight excluding hydrogens is 1020 g/mol. The van der Waals surface area contributed by atoms with Crippen LogP contribution < -0.4 is 0 Å². The molecule has 0 radical (unpaired) electrons. The van der Waals surface area contributed by atoms with E-state index in [2.05, 4.69) is 0 Å². The van der Waals surface area contributed by atoms with E-state index in [0.29, 0.717) is 12.0 Å². The van der Waals surface area contributed by atoms with Crippen molar-refractivity contribution in [1.82, 2.24) is 9.80 Å². The molecule has 4 fully saturated rings. The summed E-state index contributed by atoms with van der Waals surface area (Å²) in [5.74, 6) is -5.42. The second-order valence-electron chi connectivity index (χ2n) is 23.9. The first kappa shape index (κ1) is 64.7. The third-order valence-electron chi connectivity index (χ3n) is 17.4. The number of aliphatic hydroxyl groups is 3. The molecule has 2 aromatic rings. The number of aliphatic hydroxyl groups excluding tert-OH is 2. The number of esters is 2. The second-order valence-corrected chi connectivity index (χ2v) is 23.9. The topological polar surface area (TPSA) is 220 Å². The average molecular weight is 1120 g/mol. The fourth-order valence-electron chi connectivity index (χ4n) is 12.6.